The quantitative estimate of drug-likeness (QED) is 0.405. The third-order valence-electron chi connectivity index (χ3n) is 4.47. The van der Waals surface area contributed by atoms with Crippen molar-refractivity contribution in [2.45, 2.75) is 96.5 Å². The van der Waals surface area contributed by atoms with Crippen molar-refractivity contribution in [3.05, 3.63) is 23.8 Å². The molecule has 1 rings (SSSR count). The summed E-state index contributed by atoms with van der Waals surface area (Å²) in [6.07, 6.45) is 14.3. The molecule has 1 aromatic carbocycles. The zero-order valence-electron chi connectivity index (χ0n) is 15.6. The van der Waals surface area contributed by atoms with Gasteiger partial charge >= 0.3 is 0 Å². The predicted molar refractivity (Wildman–Crippen MR) is 101 cm³/mol. The van der Waals surface area contributed by atoms with Gasteiger partial charge in [0.25, 0.3) is 0 Å². The van der Waals surface area contributed by atoms with Crippen LogP contribution in [0.4, 0.5) is 0 Å². The van der Waals surface area contributed by atoms with E-state index in [1.807, 2.05) is 13.8 Å². The maximum Gasteiger partial charge on any atom is 0.119 e. The van der Waals surface area contributed by atoms with Crippen molar-refractivity contribution in [2.75, 3.05) is 0 Å². The molecule has 3 heteroatoms. The summed E-state index contributed by atoms with van der Waals surface area (Å²) in [6.45, 7) is 3.77. The van der Waals surface area contributed by atoms with Gasteiger partial charge in [0, 0.05) is 6.07 Å². The van der Waals surface area contributed by atoms with Gasteiger partial charge in [-0.15, -0.1) is 0 Å². The standard InChI is InChI=1S/C21H36O3/c1-21(2,24)14-12-10-8-6-4-3-5-7-9-11-13-18-15-19(22)17-20(23)16-18/h15-17,22-24H,3-14H2,1-2H3. The van der Waals surface area contributed by atoms with Crippen LogP contribution in [0.5, 0.6) is 11.5 Å². The third-order valence-corrected chi connectivity index (χ3v) is 4.47. The molecule has 3 N–H and O–H groups in total. The molecule has 0 radical (unpaired) electrons. The summed E-state index contributed by atoms with van der Waals surface area (Å²) in [7, 11) is 0. The summed E-state index contributed by atoms with van der Waals surface area (Å²) in [4.78, 5) is 0. The van der Waals surface area contributed by atoms with E-state index in [4.69, 9.17) is 0 Å². The summed E-state index contributed by atoms with van der Waals surface area (Å²) in [5, 5.41) is 28.5. The van der Waals surface area contributed by atoms with E-state index in [-0.39, 0.29) is 11.5 Å². The van der Waals surface area contributed by atoms with Crippen LogP contribution in [0.1, 0.15) is 90.0 Å². The molecule has 0 aliphatic rings. The minimum absolute atomic E-state index is 0.146. The first kappa shape index (κ1) is 20.8. The summed E-state index contributed by atoms with van der Waals surface area (Å²) >= 11 is 0. The Morgan fingerprint density at radius 3 is 1.54 bits per heavy atom. The smallest absolute Gasteiger partial charge is 0.119 e. The average Bonchev–Trinajstić information content (AvgIpc) is 2.46. The van der Waals surface area contributed by atoms with Gasteiger partial charge in [0.15, 0.2) is 0 Å². The Morgan fingerprint density at radius 2 is 1.08 bits per heavy atom. The van der Waals surface area contributed by atoms with Crippen molar-refractivity contribution in [1.29, 1.82) is 0 Å². The molecule has 0 fully saturated rings. The Labute approximate surface area is 147 Å². The molecule has 1 aromatic rings. The second kappa shape index (κ2) is 11.4. The lowest BCUT2D eigenvalue weighted by Gasteiger charge is -2.16. The third kappa shape index (κ3) is 11.3. The molecule has 0 bridgehead atoms. The molecule has 0 saturated heterocycles. The van der Waals surface area contributed by atoms with Crippen molar-refractivity contribution in [3.8, 4) is 11.5 Å². The number of benzene rings is 1. The number of phenolic OH excluding ortho intramolecular Hbond substituents is 2. The van der Waals surface area contributed by atoms with Crippen LogP contribution < -0.4 is 0 Å². The summed E-state index contributed by atoms with van der Waals surface area (Å²) in [5.41, 5.74) is 0.510. The van der Waals surface area contributed by atoms with Crippen LogP contribution >= 0.6 is 0 Å². The first-order chi connectivity index (χ1) is 11.4. The van der Waals surface area contributed by atoms with Crippen molar-refractivity contribution in [2.24, 2.45) is 0 Å². The zero-order valence-corrected chi connectivity index (χ0v) is 15.6. The molecule has 0 atom stereocenters. The molecule has 0 aliphatic carbocycles. The maximum absolute atomic E-state index is 9.64. The zero-order chi connectivity index (χ0) is 17.8. The fraction of sp³-hybridized carbons (Fsp3) is 0.714. The summed E-state index contributed by atoms with van der Waals surface area (Å²) in [6, 6.07) is 4.84. The number of hydrogen-bond acceptors (Lipinski definition) is 3. The van der Waals surface area contributed by atoms with Crippen molar-refractivity contribution < 1.29 is 15.3 Å². The van der Waals surface area contributed by atoms with E-state index < -0.39 is 5.60 Å². The van der Waals surface area contributed by atoms with Crippen molar-refractivity contribution in [1.82, 2.24) is 0 Å². The van der Waals surface area contributed by atoms with Crippen LogP contribution in [0.3, 0.4) is 0 Å². The lowest BCUT2D eigenvalue weighted by molar-refractivity contribution is 0.0680. The van der Waals surface area contributed by atoms with Crippen LogP contribution in [-0.2, 0) is 6.42 Å². The number of phenols is 2. The Kier molecular flexibility index (Phi) is 9.85. The highest BCUT2D eigenvalue weighted by molar-refractivity contribution is 5.36. The lowest BCUT2D eigenvalue weighted by Crippen LogP contribution is -2.17. The lowest BCUT2D eigenvalue weighted by atomic mass is 9.99. The molecule has 24 heavy (non-hydrogen) atoms. The molecule has 138 valence electrons. The highest BCUT2D eigenvalue weighted by Crippen LogP contribution is 2.22. The first-order valence-corrected chi connectivity index (χ1v) is 9.61. The summed E-state index contributed by atoms with van der Waals surface area (Å²) < 4.78 is 0. The molecular weight excluding hydrogens is 300 g/mol. The Morgan fingerprint density at radius 1 is 0.667 bits per heavy atom. The van der Waals surface area contributed by atoms with Gasteiger partial charge in [0.2, 0.25) is 0 Å². The fourth-order valence-electron chi connectivity index (χ4n) is 3.10. The van der Waals surface area contributed by atoms with Crippen LogP contribution in [0.15, 0.2) is 18.2 Å². The minimum Gasteiger partial charge on any atom is -0.508 e. The van der Waals surface area contributed by atoms with Gasteiger partial charge < -0.3 is 15.3 Å². The van der Waals surface area contributed by atoms with Crippen LogP contribution in [0, 0.1) is 0 Å². The van der Waals surface area contributed by atoms with Gasteiger partial charge in [-0.05, 0) is 50.8 Å². The van der Waals surface area contributed by atoms with Crippen LogP contribution in [-0.4, -0.2) is 20.9 Å². The molecule has 0 aliphatic heterocycles. The van der Waals surface area contributed by atoms with Crippen LogP contribution in [0.25, 0.3) is 0 Å². The number of unbranched alkanes of at least 4 members (excludes halogenated alkanes) is 9. The highest BCUT2D eigenvalue weighted by atomic mass is 16.3. The minimum atomic E-state index is -0.503. The van der Waals surface area contributed by atoms with Gasteiger partial charge in [0.05, 0.1) is 5.60 Å². The van der Waals surface area contributed by atoms with Gasteiger partial charge in [-0.3, -0.25) is 0 Å². The number of rotatable bonds is 13. The molecule has 0 spiro atoms. The molecule has 0 heterocycles. The number of aryl methyl sites for hydroxylation is 1. The van der Waals surface area contributed by atoms with Gasteiger partial charge in [-0.2, -0.15) is 0 Å². The van der Waals surface area contributed by atoms with Crippen molar-refractivity contribution >= 4 is 0 Å². The molecule has 0 unspecified atom stereocenters. The average molecular weight is 337 g/mol. The van der Waals surface area contributed by atoms with Gasteiger partial charge in [-0.25, -0.2) is 0 Å². The fourth-order valence-corrected chi connectivity index (χ4v) is 3.10. The van der Waals surface area contributed by atoms with E-state index in [0.29, 0.717) is 0 Å². The number of aromatic hydroxyl groups is 2. The second-order valence-corrected chi connectivity index (χ2v) is 7.71. The molecule has 0 amide bonds. The predicted octanol–water partition coefficient (Wildman–Crippen LogP) is 5.70. The Bertz CT molecular complexity index is 429. The van der Waals surface area contributed by atoms with E-state index in [9.17, 15) is 15.3 Å². The second-order valence-electron chi connectivity index (χ2n) is 7.71. The summed E-state index contributed by atoms with van der Waals surface area (Å²) in [5.74, 6) is 0.292. The van der Waals surface area contributed by atoms with E-state index in [1.165, 1.54) is 57.4 Å². The van der Waals surface area contributed by atoms with Gasteiger partial charge in [0.1, 0.15) is 11.5 Å². The van der Waals surface area contributed by atoms with Crippen molar-refractivity contribution in [3.63, 3.8) is 0 Å². The van der Waals surface area contributed by atoms with E-state index in [1.54, 1.807) is 12.1 Å². The molecule has 0 aromatic heterocycles. The normalized spacial score (nSPS) is 11.8. The van der Waals surface area contributed by atoms with E-state index in [2.05, 4.69) is 0 Å². The van der Waals surface area contributed by atoms with Gasteiger partial charge in [-0.1, -0.05) is 57.8 Å². The Hall–Kier alpha value is -1.22. The SMILES string of the molecule is CC(C)(O)CCCCCCCCCCCCc1cc(O)cc(O)c1. The highest BCUT2D eigenvalue weighted by Gasteiger charge is 2.10. The topological polar surface area (TPSA) is 60.7 Å². The maximum atomic E-state index is 9.64. The number of hydrogen-bond donors (Lipinski definition) is 3. The van der Waals surface area contributed by atoms with E-state index in [0.717, 1.165) is 31.2 Å². The molecule has 3 nitrogen and oxygen atoms in total. The Balaban J connectivity index is 1.89. The monoisotopic (exact) mass is 336 g/mol. The number of aliphatic hydroxyl groups is 1. The molecular formula is C21H36O3. The largest absolute Gasteiger partial charge is 0.508 e. The van der Waals surface area contributed by atoms with Crippen LogP contribution in [0.2, 0.25) is 0 Å². The van der Waals surface area contributed by atoms with E-state index >= 15 is 0 Å². The molecule has 0 saturated carbocycles. The first-order valence-electron chi connectivity index (χ1n) is 9.61.